The molecule has 7 nitrogen and oxygen atoms in total. The van der Waals surface area contributed by atoms with Gasteiger partial charge in [-0.2, -0.15) is 0 Å². The fourth-order valence-electron chi connectivity index (χ4n) is 13.7. The van der Waals surface area contributed by atoms with Crippen molar-refractivity contribution in [3.05, 3.63) is 53.6 Å². The van der Waals surface area contributed by atoms with Gasteiger partial charge in [-0.05, 0) is 159 Å². The zero-order chi connectivity index (χ0) is 37.3. The molecule has 0 bridgehead atoms. The number of aliphatic carboxylic acids is 1. The number of carbonyl (C=O) groups is 3. The Morgan fingerprint density at radius 3 is 2.14 bits per heavy atom. The summed E-state index contributed by atoms with van der Waals surface area (Å²) in [6, 6.07) is 7.50. The van der Waals surface area contributed by atoms with Gasteiger partial charge in [0.15, 0.2) is 0 Å². The Balaban J connectivity index is 1.33. The maximum Gasteiger partial charge on any atom is 0.335 e. The predicted octanol–water partition coefficient (Wildman–Crippen LogP) is 8.90. The van der Waals surface area contributed by atoms with Crippen molar-refractivity contribution in [1.29, 1.82) is 0 Å². The molecule has 2 N–H and O–H groups in total. The van der Waals surface area contributed by atoms with Crippen molar-refractivity contribution in [2.75, 3.05) is 33.7 Å². The number of amides is 1. The third-order valence-corrected chi connectivity index (χ3v) is 16.2. The van der Waals surface area contributed by atoms with E-state index >= 15 is 0 Å². The van der Waals surface area contributed by atoms with Gasteiger partial charge >= 0.3 is 11.9 Å². The first-order valence-electron chi connectivity index (χ1n) is 19.6. The quantitative estimate of drug-likeness (QED) is 0.187. The van der Waals surface area contributed by atoms with Crippen molar-refractivity contribution in [3.63, 3.8) is 0 Å². The number of hydrogen-bond donors (Lipinski definition) is 2. The van der Waals surface area contributed by atoms with Crippen LogP contribution in [0.5, 0.6) is 0 Å². The summed E-state index contributed by atoms with van der Waals surface area (Å²) >= 11 is 0. The Labute approximate surface area is 306 Å². The lowest BCUT2D eigenvalue weighted by Gasteiger charge is -2.72. The molecule has 4 saturated carbocycles. The van der Waals surface area contributed by atoms with Gasteiger partial charge in [0.05, 0.1) is 5.56 Å². The minimum Gasteiger partial charge on any atom is -0.481 e. The highest BCUT2D eigenvalue weighted by Crippen LogP contribution is 2.77. The van der Waals surface area contributed by atoms with Crippen molar-refractivity contribution in [2.24, 2.45) is 56.7 Å². The number of hydrogen-bond acceptors (Lipinski definition) is 4. The molecule has 5 aliphatic carbocycles. The van der Waals surface area contributed by atoms with Crippen LogP contribution in [-0.2, 0) is 9.59 Å². The Hall–Kier alpha value is -2.93. The number of rotatable bonds is 10. The summed E-state index contributed by atoms with van der Waals surface area (Å²) in [5, 5.41) is 19.1. The van der Waals surface area contributed by atoms with E-state index in [1.165, 1.54) is 36.8 Å². The molecular weight excluding hydrogens is 636 g/mol. The summed E-state index contributed by atoms with van der Waals surface area (Å²) in [4.78, 5) is 40.8. The molecule has 0 aliphatic heterocycles. The Bertz CT molecular complexity index is 1590. The molecule has 7 heteroatoms. The van der Waals surface area contributed by atoms with Crippen LogP contribution in [0.4, 0.5) is 0 Å². The summed E-state index contributed by atoms with van der Waals surface area (Å²) in [7, 11) is 4.02. The van der Waals surface area contributed by atoms with E-state index in [1.54, 1.807) is 12.1 Å². The molecule has 0 radical (unpaired) electrons. The fraction of sp³-hybridized carbons (Fsp3) is 0.705. The average Bonchev–Trinajstić information content (AvgIpc) is 3.42. The summed E-state index contributed by atoms with van der Waals surface area (Å²) in [6.45, 7) is 21.5. The lowest BCUT2D eigenvalue weighted by molar-refractivity contribution is -0.226. The second-order valence-corrected chi connectivity index (χ2v) is 19.2. The van der Waals surface area contributed by atoms with Crippen molar-refractivity contribution >= 4 is 23.4 Å². The lowest BCUT2D eigenvalue weighted by atomic mass is 9.32. The maximum absolute atomic E-state index is 13.5. The highest BCUT2D eigenvalue weighted by molar-refractivity contribution is 5.93. The molecule has 0 unspecified atom stereocenters. The van der Waals surface area contributed by atoms with Gasteiger partial charge in [0.25, 0.3) is 0 Å². The van der Waals surface area contributed by atoms with Crippen LogP contribution in [0.15, 0.2) is 42.5 Å². The largest absolute Gasteiger partial charge is 0.481 e. The summed E-state index contributed by atoms with van der Waals surface area (Å²) in [5.74, 6) is 0.354. The SMILES string of the molecule is C=C(C)[C@@H]1CC[C@]2(CN(CCN(C)C)C(=O)CC(=O)O)CC[C@]3(C)[C@H](CC[C@@H]4[C@@]5(C)CC=C(c6ccc(C(=O)O)cc6)C(C)(C)[C@@H]5CC[C@]43C)[C@@H]12. The third-order valence-electron chi connectivity index (χ3n) is 16.2. The monoisotopic (exact) mass is 700 g/mol. The summed E-state index contributed by atoms with van der Waals surface area (Å²) < 4.78 is 0. The van der Waals surface area contributed by atoms with Gasteiger partial charge in [-0.25, -0.2) is 4.79 Å². The molecule has 51 heavy (non-hydrogen) atoms. The van der Waals surface area contributed by atoms with Gasteiger partial charge in [0.2, 0.25) is 5.91 Å². The molecule has 0 saturated heterocycles. The summed E-state index contributed by atoms with van der Waals surface area (Å²) in [6.07, 6.45) is 12.3. The second kappa shape index (κ2) is 13.2. The van der Waals surface area contributed by atoms with Crippen LogP contribution in [0, 0.1) is 56.7 Å². The highest BCUT2D eigenvalue weighted by Gasteiger charge is 2.70. The smallest absolute Gasteiger partial charge is 0.335 e. The first-order chi connectivity index (χ1) is 23.8. The van der Waals surface area contributed by atoms with Crippen LogP contribution in [0.25, 0.3) is 5.57 Å². The van der Waals surface area contributed by atoms with E-state index < -0.39 is 18.4 Å². The molecule has 1 aromatic carbocycles. The molecule has 5 aliphatic rings. The van der Waals surface area contributed by atoms with Crippen LogP contribution in [0.2, 0.25) is 0 Å². The number of carboxylic acids is 2. The van der Waals surface area contributed by atoms with E-state index in [0.717, 1.165) is 44.2 Å². The van der Waals surface area contributed by atoms with Gasteiger partial charge < -0.3 is 20.0 Å². The van der Waals surface area contributed by atoms with E-state index in [2.05, 4.69) is 59.1 Å². The first kappa shape index (κ1) is 37.8. The minimum absolute atomic E-state index is 0.0147. The third kappa shape index (κ3) is 6.02. The van der Waals surface area contributed by atoms with Gasteiger partial charge in [-0.3, -0.25) is 9.59 Å². The van der Waals surface area contributed by atoms with E-state index in [0.29, 0.717) is 48.2 Å². The Morgan fingerprint density at radius 2 is 1.53 bits per heavy atom. The topological polar surface area (TPSA) is 98.2 Å². The molecule has 6 rings (SSSR count). The number of nitrogens with zero attached hydrogens (tertiary/aromatic N) is 2. The Morgan fingerprint density at radius 1 is 0.843 bits per heavy atom. The predicted molar refractivity (Wildman–Crippen MR) is 203 cm³/mol. The molecule has 4 fully saturated rings. The van der Waals surface area contributed by atoms with Crippen LogP contribution < -0.4 is 0 Å². The first-order valence-corrected chi connectivity index (χ1v) is 19.6. The van der Waals surface area contributed by atoms with Crippen molar-refractivity contribution in [2.45, 2.75) is 106 Å². The standard InChI is InChI=1S/C44H64N2O5/c1-28(2)31-16-21-44(27-46(25-24-45(8)9)36(47)26-37(48)49)23-22-42(6)33(38(31)44)14-15-35-41(5)19-17-32(29-10-12-30(13-11-29)39(50)51)40(3,4)34(41)18-20-43(35,42)7/h10-13,17,31,33-35,38H,1,14-16,18-27H2,2-9H3,(H,48,49)(H,50,51)/t31-,33+,34-,35+,38+,41-,42+,43+,44+/m0/s1. The van der Waals surface area contributed by atoms with Crippen LogP contribution in [0.3, 0.4) is 0 Å². The van der Waals surface area contributed by atoms with Crippen LogP contribution in [0.1, 0.15) is 122 Å². The highest BCUT2D eigenvalue weighted by atomic mass is 16.4. The minimum atomic E-state index is -1.05. The fourth-order valence-corrected chi connectivity index (χ4v) is 13.7. The number of benzene rings is 1. The normalized spacial score (nSPS) is 38.1. The molecule has 1 amide bonds. The molecule has 280 valence electrons. The zero-order valence-corrected chi connectivity index (χ0v) is 32.7. The van der Waals surface area contributed by atoms with Crippen molar-refractivity contribution in [3.8, 4) is 0 Å². The molecule has 9 atom stereocenters. The number of allylic oxidation sites excluding steroid dienone is 3. The number of aromatic carboxylic acids is 1. The molecule has 0 heterocycles. The summed E-state index contributed by atoms with van der Waals surface area (Å²) in [5.41, 5.74) is 4.57. The van der Waals surface area contributed by atoms with E-state index in [9.17, 15) is 24.6 Å². The molecular formula is C44H64N2O5. The zero-order valence-electron chi connectivity index (χ0n) is 32.7. The lowest BCUT2D eigenvalue weighted by Crippen LogP contribution is -2.66. The van der Waals surface area contributed by atoms with E-state index in [1.807, 2.05) is 31.1 Å². The molecule has 1 aromatic rings. The van der Waals surface area contributed by atoms with Gasteiger partial charge in [-0.15, -0.1) is 0 Å². The molecule has 0 aromatic heterocycles. The second-order valence-electron chi connectivity index (χ2n) is 19.2. The van der Waals surface area contributed by atoms with Gasteiger partial charge in [0.1, 0.15) is 6.42 Å². The maximum atomic E-state index is 13.5. The van der Waals surface area contributed by atoms with Crippen LogP contribution in [-0.4, -0.2) is 71.6 Å². The van der Waals surface area contributed by atoms with Gasteiger partial charge in [-0.1, -0.05) is 65.0 Å². The van der Waals surface area contributed by atoms with Crippen molar-refractivity contribution in [1.82, 2.24) is 9.80 Å². The molecule has 0 spiro atoms. The van der Waals surface area contributed by atoms with Gasteiger partial charge in [0, 0.05) is 19.6 Å². The number of carbonyl (C=O) groups excluding carboxylic acids is 1. The van der Waals surface area contributed by atoms with E-state index in [-0.39, 0.29) is 33.0 Å². The Kier molecular flexibility index (Phi) is 9.77. The number of likely N-dealkylation sites (N-methyl/N-ethyl adjacent to an activating group) is 1. The van der Waals surface area contributed by atoms with Crippen LogP contribution >= 0.6 is 0 Å². The number of fused-ring (bicyclic) bond motifs is 7. The van der Waals surface area contributed by atoms with E-state index in [4.69, 9.17) is 0 Å². The number of carboxylic acid groups (broad SMARTS) is 2. The average molecular weight is 701 g/mol. The van der Waals surface area contributed by atoms with Crippen molar-refractivity contribution < 1.29 is 24.6 Å².